The number of fused-ring (bicyclic) bond motifs is 1. The van der Waals surface area contributed by atoms with Crippen molar-refractivity contribution in [3.05, 3.63) is 46.2 Å². The van der Waals surface area contributed by atoms with E-state index in [0.29, 0.717) is 42.4 Å². The van der Waals surface area contributed by atoms with Gasteiger partial charge in [-0.15, -0.1) is 0 Å². The Bertz CT molecular complexity index is 1120. The number of thiazole rings is 1. The summed E-state index contributed by atoms with van der Waals surface area (Å²) in [5.41, 5.74) is 2.48. The Morgan fingerprint density at radius 3 is 2.91 bits per heavy atom. The molecule has 8 nitrogen and oxygen atoms in total. The van der Waals surface area contributed by atoms with Crippen LogP contribution in [0, 0.1) is 6.92 Å². The predicted octanol–water partition coefficient (Wildman–Crippen LogP) is 3.79. The first kappa shape index (κ1) is 22.6. The minimum atomic E-state index is -0.343. The third kappa shape index (κ3) is 4.46. The molecule has 0 bridgehead atoms. The minimum absolute atomic E-state index is 0.143. The number of methoxy groups -OCH3 is 1. The summed E-state index contributed by atoms with van der Waals surface area (Å²) >= 11 is 7.53. The van der Waals surface area contributed by atoms with E-state index in [1.165, 1.54) is 11.3 Å². The van der Waals surface area contributed by atoms with Crippen LogP contribution >= 0.6 is 22.9 Å². The normalized spacial score (nSPS) is 18.7. The van der Waals surface area contributed by atoms with Gasteiger partial charge in [0.05, 0.1) is 39.6 Å². The standard InChI is InChI=1S/C22H25ClN4O4S/c1-4-31-21(29)13-6-5-7-16-19(13)32-22(26-16)27-9-8-15(18(11-27)30-3)25-20(28)17-10-14(23)12(2)24-17/h5-7,10,15,18,24H,4,8-9,11H2,1-3H3,(H,25,28)/t15-,18+/m1/s1. The molecule has 2 aromatic heterocycles. The molecule has 4 rings (SSSR count). The van der Waals surface area contributed by atoms with Crippen molar-refractivity contribution in [2.45, 2.75) is 32.4 Å². The first-order chi connectivity index (χ1) is 15.4. The molecule has 3 aromatic rings. The molecule has 3 heterocycles. The fourth-order valence-electron chi connectivity index (χ4n) is 3.84. The molecule has 1 amide bonds. The van der Waals surface area contributed by atoms with Crippen LogP contribution in [-0.2, 0) is 9.47 Å². The van der Waals surface area contributed by atoms with Crippen molar-refractivity contribution >= 4 is 50.2 Å². The SMILES string of the molecule is CCOC(=O)c1cccc2nc(N3CC[C@@H](NC(=O)c4cc(Cl)c(C)[nH]4)[C@@H](OC)C3)sc12. The first-order valence-electron chi connectivity index (χ1n) is 10.4. The highest BCUT2D eigenvalue weighted by Gasteiger charge is 2.32. The number of amides is 1. The van der Waals surface area contributed by atoms with Gasteiger partial charge in [-0.3, -0.25) is 4.79 Å². The second-order valence-electron chi connectivity index (χ2n) is 7.62. The first-order valence-corrected chi connectivity index (χ1v) is 11.6. The number of hydrogen-bond acceptors (Lipinski definition) is 7. The average molecular weight is 477 g/mol. The molecule has 10 heteroatoms. The van der Waals surface area contributed by atoms with Crippen LogP contribution in [0.5, 0.6) is 0 Å². The van der Waals surface area contributed by atoms with Gasteiger partial charge in [-0.05, 0) is 38.5 Å². The Balaban J connectivity index is 1.49. The van der Waals surface area contributed by atoms with E-state index in [4.69, 9.17) is 26.1 Å². The van der Waals surface area contributed by atoms with Crippen LogP contribution in [0.3, 0.4) is 0 Å². The summed E-state index contributed by atoms with van der Waals surface area (Å²) in [6.45, 7) is 5.20. The van der Waals surface area contributed by atoms with Crippen molar-refractivity contribution in [1.82, 2.24) is 15.3 Å². The number of benzene rings is 1. The monoisotopic (exact) mass is 476 g/mol. The number of nitrogens with zero attached hydrogens (tertiary/aromatic N) is 2. The van der Waals surface area contributed by atoms with Crippen LogP contribution in [0.15, 0.2) is 24.3 Å². The van der Waals surface area contributed by atoms with Crippen LogP contribution in [0.2, 0.25) is 5.02 Å². The lowest BCUT2D eigenvalue weighted by atomic mass is 10.0. The summed E-state index contributed by atoms with van der Waals surface area (Å²) in [6.07, 6.45) is 0.481. The Morgan fingerprint density at radius 2 is 2.22 bits per heavy atom. The van der Waals surface area contributed by atoms with Crippen LogP contribution in [0.1, 0.15) is 39.9 Å². The lowest BCUT2D eigenvalue weighted by molar-refractivity contribution is 0.0528. The second-order valence-corrected chi connectivity index (χ2v) is 9.00. The number of anilines is 1. The molecule has 170 valence electrons. The van der Waals surface area contributed by atoms with Crippen molar-refractivity contribution < 1.29 is 19.1 Å². The Hall–Kier alpha value is -2.62. The molecule has 0 saturated carbocycles. The molecule has 0 aliphatic carbocycles. The number of aromatic nitrogens is 2. The number of H-pyrrole nitrogens is 1. The number of rotatable bonds is 6. The fraction of sp³-hybridized carbons (Fsp3) is 0.409. The Morgan fingerprint density at radius 1 is 1.41 bits per heavy atom. The van der Waals surface area contributed by atoms with E-state index in [2.05, 4.69) is 15.2 Å². The average Bonchev–Trinajstić information content (AvgIpc) is 3.37. The predicted molar refractivity (Wildman–Crippen MR) is 125 cm³/mol. The summed E-state index contributed by atoms with van der Waals surface area (Å²) in [5, 5.41) is 4.40. The van der Waals surface area contributed by atoms with E-state index < -0.39 is 0 Å². The highest BCUT2D eigenvalue weighted by atomic mass is 35.5. The number of piperidine rings is 1. The van der Waals surface area contributed by atoms with Gasteiger partial charge in [-0.25, -0.2) is 9.78 Å². The maximum absolute atomic E-state index is 12.6. The summed E-state index contributed by atoms with van der Waals surface area (Å²) in [4.78, 5) is 34.8. The molecule has 1 saturated heterocycles. The van der Waals surface area contributed by atoms with E-state index in [9.17, 15) is 9.59 Å². The number of aromatic amines is 1. The highest BCUT2D eigenvalue weighted by Crippen LogP contribution is 2.33. The van der Waals surface area contributed by atoms with Gasteiger partial charge in [-0.1, -0.05) is 29.0 Å². The number of ether oxygens (including phenoxy) is 2. The molecule has 1 aliphatic heterocycles. The van der Waals surface area contributed by atoms with Crippen LogP contribution in [0.25, 0.3) is 10.2 Å². The molecule has 1 aliphatic rings. The number of aryl methyl sites for hydroxylation is 1. The minimum Gasteiger partial charge on any atom is -0.462 e. The number of carbonyl (C=O) groups excluding carboxylic acids is 2. The summed E-state index contributed by atoms with van der Waals surface area (Å²) < 4.78 is 11.7. The number of nitrogens with one attached hydrogen (secondary N) is 2. The summed E-state index contributed by atoms with van der Waals surface area (Å²) in [6, 6.07) is 6.95. The van der Waals surface area contributed by atoms with E-state index >= 15 is 0 Å². The maximum atomic E-state index is 12.6. The molecule has 0 radical (unpaired) electrons. The molecule has 1 aromatic carbocycles. The van der Waals surface area contributed by atoms with Crippen molar-refractivity contribution in [2.24, 2.45) is 0 Å². The largest absolute Gasteiger partial charge is 0.462 e. The molecule has 0 spiro atoms. The van der Waals surface area contributed by atoms with Gasteiger partial charge in [0.2, 0.25) is 0 Å². The number of esters is 1. The van der Waals surface area contributed by atoms with Gasteiger partial charge in [0.25, 0.3) is 5.91 Å². The molecule has 32 heavy (non-hydrogen) atoms. The summed E-state index contributed by atoms with van der Waals surface area (Å²) in [7, 11) is 1.64. The highest BCUT2D eigenvalue weighted by molar-refractivity contribution is 7.22. The quantitative estimate of drug-likeness (QED) is 0.525. The third-order valence-corrected chi connectivity index (χ3v) is 7.10. The van der Waals surface area contributed by atoms with E-state index in [0.717, 1.165) is 21.0 Å². The Labute approximate surface area is 194 Å². The van der Waals surface area contributed by atoms with Gasteiger partial charge >= 0.3 is 5.97 Å². The van der Waals surface area contributed by atoms with E-state index in [1.54, 1.807) is 26.2 Å². The summed E-state index contributed by atoms with van der Waals surface area (Å²) in [5.74, 6) is -0.552. The topological polar surface area (TPSA) is 96.5 Å². The van der Waals surface area contributed by atoms with Crippen LogP contribution in [0.4, 0.5) is 5.13 Å². The zero-order chi connectivity index (χ0) is 22.8. The van der Waals surface area contributed by atoms with Gasteiger partial charge in [0.1, 0.15) is 5.69 Å². The van der Waals surface area contributed by atoms with Gasteiger partial charge in [-0.2, -0.15) is 0 Å². The molecular formula is C22H25ClN4O4S. The van der Waals surface area contributed by atoms with Crippen molar-refractivity contribution in [3.63, 3.8) is 0 Å². The van der Waals surface area contributed by atoms with Gasteiger partial charge < -0.3 is 24.7 Å². The van der Waals surface area contributed by atoms with Gasteiger partial charge in [0.15, 0.2) is 5.13 Å². The van der Waals surface area contributed by atoms with E-state index in [-0.39, 0.29) is 24.0 Å². The molecule has 1 fully saturated rings. The maximum Gasteiger partial charge on any atom is 0.339 e. The van der Waals surface area contributed by atoms with Gasteiger partial charge in [0, 0.05) is 25.9 Å². The van der Waals surface area contributed by atoms with Crippen molar-refractivity contribution in [1.29, 1.82) is 0 Å². The third-order valence-electron chi connectivity index (χ3n) is 5.54. The fourth-order valence-corrected chi connectivity index (χ4v) is 5.09. The number of carbonyl (C=O) groups is 2. The lowest BCUT2D eigenvalue weighted by Gasteiger charge is -2.37. The molecule has 0 unspecified atom stereocenters. The molecule has 2 atom stereocenters. The smallest absolute Gasteiger partial charge is 0.339 e. The van der Waals surface area contributed by atoms with E-state index in [1.807, 2.05) is 19.1 Å². The molecular weight excluding hydrogens is 452 g/mol. The van der Waals surface area contributed by atoms with Crippen molar-refractivity contribution in [3.8, 4) is 0 Å². The van der Waals surface area contributed by atoms with Crippen LogP contribution in [-0.4, -0.2) is 60.8 Å². The zero-order valence-electron chi connectivity index (χ0n) is 18.1. The number of halogens is 1. The Kier molecular flexibility index (Phi) is 6.68. The molecule has 2 N–H and O–H groups in total. The number of hydrogen-bond donors (Lipinski definition) is 2. The lowest BCUT2D eigenvalue weighted by Crippen LogP contribution is -2.55. The van der Waals surface area contributed by atoms with Crippen LogP contribution < -0.4 is 10.2 Å². The zero-order valence-corrected chi connectivity index (χ0v) is 19.7. The van der Waals surface area contributed by atoms with Crippen molar-refractivity contribution in [2.75, 3.05) is 31.7 Å². The second kappa shape index (κ2) is 9.48.